The van der Waals surface area contributed by atoms with Crippen LogP contribution >= 0.6 is 23.2 Å². The number of rotatable bonds is 10. The van der Waals surface area contributed by atoms with Crippen LogP contribution in [0.1, 0.15) is 37.7 Å². The summed E-state index contributed by atoms with van der Waals surface area (Å²) in [6, 6.07) is 13.1. The van der Waals surface area contributed by atoms with Crippen LogP contribution in [0.15, 0.2) is 42.5 Å². The first-order valence-corrected chi connectivity index (χ1v) is 11.7. The van der Waals surface area contributed by atoms with Crippen LogP contribution in [0.4, 0.5) is 0 Å². The third-order valence-corrected chi connectivity index (χ3v) is 6.95. The lowest BCUT2D eigenvalue weighted by Crippen LogP contribution is -2.56. The second-order valence-corrected chi connectivity index (χ2v) is 9.28. The fraction of sp³-hybridized carbons (Fsp3) is 0.458. The standard InChI is InChI=1S/C24H29BCl2N2O3/c25-12-2-1-11-24(28,23(30)31)18-9-13-29(14-10-18)16-17-3-5-19(6-4-17)32-20-7-8-21(26)22(27)15-20/h3-8,15,18H,1-2,9-14,16,28H2,(H,30,31). The van der Waals surface area contributed by atoms with E-state index in [-0.39, 0.29) is 5.92 Å². The summed E-state index contributed by atoms with van der Waals surface area (Å²) < 4.78 is 5.84. The minimum Gasteiger partial charge on any atom is -0.480 e. The summed E-state index contributed by atoms with van der Waals surface area (Å²) in [4.78, 5) is 14.2. The van der Waals surface area contributed by atoms with E-state index in [0.29, 0.717) is 28.5 Å². The predicted octanol–water partition coefficient (Wildman–Crippen LogP) is 5.54. The van der Waals surface area contributed by atoms with E-state index in [1.165, 1.54) is 5.56 Å². The molecule has 0 amide bonds. The molecule has 1 fully saturated rings. The fourth-order valence-corrected chi connectivity index (χ4v) is 4.54. The van der Waals surface area contributed by atoms with Crippen LogP contribution in [0.2, 0.25) is 16.4 Å². The van der Waals surface area contributed by atoms with Gasteiger partial charge in [0.05, 0.1) is 17.9 Å². The van der Waals surface area contributed by atoms with E-state index >= 15 is 0 Å². The molecule has 0 aromatic heterocycles. The van der Waals surface area contributed by atoms with E-state index in [1.807, 2.05) is 24.3 Å². The van der Waals surface area contributed by atoms with Crippen molar-refractivity contribution in [1.82, 2.24) is 4.90 Å². The number of hydrogen-bond donors (Lipinski definition) is 2. The summed E-state index contributed by atoms with van der Waals surface area (Å²) in [7, 11) is 5.55. The third-order valence-electron chi connectivity index (χ3n) is 6.22. The summed E-state index contributed by atoms with van der Waals surface area (Å²) >= 11 is 12.0. The van der Waals surface area contributed by atoms with Crippen molar-refractivity contribution in [2.75, 3.05) is 13.1 Å². The highest BCUT2D eigenvalue weighted by molar-refractivity contribution is 6.42. The molecule has 3 rings (SSSR count). The number of aliphatic carboxylic acids is 1. The molecule has 1 unspecified atom stereocenters. The summed E-state index contributed by atoms with van der Waals surface area (Å²) in [6.45, 7) is 2.46. The zero-order valence-electron chi connectivity index (χ0n) is 18.1. The molecule has 1 aliphatic rings. The minimum absolute atomic E-state index is 0.0176. The van der Waals surface area contributed by atoms with Crippen LogP contribution in [-0.2, 0) is 11.3 Å². The highest BCUT2D eigenvalue weighted by atomic mass is 35.5. The van der Waals surface area contributed by atoms with Gasteiger partial charge in [-0.25, -0.2) is 0 Å². The van der Waals surface area contributed by atoms with Gasteiger partial charge in [0.15, 0.2) is 0 Å². The molecule has 5 nitrogen and oxygen atoms in total. The number of carboxylic acids is 1. The molecule has 1 heterocycles. The number of unbranched alkanes of at least 4 members (excludes halogenated alkanes) is 1. The van der Waals surface area contributed by atoms with Crippen LogP contribution in [-0.4, -0.2) is 42.5 Å². The lowest BCUT2D eigenvalue weighted by molar-refractivity contribution is -0.147. The van der Waals surface area contributed by atoms with Crippen LogP contribution in [0, 0.1) is 5.92 Å². The Bertz CT molecular complexity index is 905. The molecule has 2 aromatic rings. The molecule has 0 spiro atoms. The van der Waals surface area contributed by atoms with Gasteiger partial charge >= 0.3 is 5.97 Å². The first-order valence-electron chi connectivity index (χ1n) is 11.0. The van der Waals surface area contributed by atoms with Crippen molar-refractivity contribution in [2.45, 2.75) is 50.5 Å². The number of carboxylic acid groups (broad SMARTS) is 1. The second kappa shape index (κ2) is 11.4. The van der Waals surface area contributed by atoms with Crippen molar-refractivity contribution >= 4 is 37.0 Å². The van der Waals surface area contributed by atoms with Gasteiger partial charge in [-0.2, -0.15) is 0 Å². The molecule has 32 heavy (non-hydrogen) atoms. The Hall–Kier alpha value is -1.73. The van der Waals surface area contributed by atoms with Gasteiger partial charge in [-0.3, -0.25) is 9.69 Å². The number of benzene rings is 2. The average Bonchev–Trinajstić information content (AvgIpc) is 2.78. The Balaban J connectivity index is 1.52. The Morgan fingerprint density at radius 3 is 2.34 bits per heavy atom. The number of nitrogens with zero attached hydrogens (tertiary/aromatic N) is 1. The fourth-order valence-electron chi connectivity index (χ4n) is 4.25. The van der Waals surface area contributed by atoms with Crippen molar-refractivity contribution in [3.8, 4) is 11.5 Å². The number of piperidine rings is 1. The lowest BCUT2D eigenvalue weighted by atomic mass is 9.75. The van der Waals surface area contributed by atoms with Gasteiger partial charge in [0.2, 0.25) is 0 Å². The first-order chi connectivity index (χ1) is 15.3. The summed E-state index contributed by atoms with van der Waals surface area (Å²) in [6.07, 6.45) is 4.15. The first kappa shape index (κ1) is 24.9. The number of likely N-dealkylation sites (tertiary alicyclic amines) is 1. The highest BCUT2D eigenvalue weighted by Crippen LogP contribution is 2.32. The van der Waals surface area contributed by atoms with E-state index in [4.69, 9.17) is 41.5 Å². The maximum Gasteiger partial charge on any atom is 0.323 e. The number of carbonyl (C=O) groups is 1. The van der Waals surface area contributed by atoms with Crippen molar-refractivity contribution in [3.05, 3.63) is 58.1 Å². The van der Waals surface area contributed by atoms with Gasteiger partial charge in [0, 0.05) is 12.6 Å². The molecule has 2 aromatic carbocycles. The molecule has 170 valence electrons. The number of hydrogen-bond acceptors (Lipinski definition) is 4. The highest BCUT2D eigenvalue weighted by Gasteiger charge is 2.42. The Labute approximate surface area is 201 Å². The molecule has 0 aliphatic carbocycles. The molecule has 1 aliphatic heterocycles. The van der Waals surface area contributed by atoms with E-state index in [1.54, 1.807) is 18.2 Å². The molecular formula is C24H29BCl2N2O3. The Morgan fingerprint density at radius 1 is 1.09 bits per heavy atom. The smallest absolute Gasteiger partial charge is 0.323 e. The zero-order chi connectivity index (χ0) is 23.1. The normalized spacial score (nSPS) is 17.1. The molecule has 1 atom stereocenters. The Kier molecular flexibility index (Phi) is 8.89. The SMILES string of the molecule is [B]CCCCC(N)(C(=O)O)C1CCN(Cc2ccc(Oc3ccc(Cl)c(Cl)c3)cc2)CC1. The van der Waals surface area contributed by atoms with Crippen LogP contribution in [0.5, 0.6) is 11.5 Å². The molecular weight excluding hydrogens is 446 g/mol. The summed E-state index contributed by atoms with van der Waals surface area (Å²) in [5.74, 6) is 0.434. The van der Waals surface area contributed by atoms with E-state index in [0.717, 1.165) is 51.1 Å². The average molecular weight is 475 g/mol. The lowest BCUT2D eigenvalue weighted by Gasteiger charge is -2.40. The van der Waals surface area contributed by atoms with Crippen LogP contribution in [0.3, 0.4) is 0 Å². The molecule has 1 saturated heterocycles. The van der Waals surface area contributed by atoms with Gasteiger partial charge in [-0.15, -0.1) is 0 Å². The quantitative estimate of drug-likeness (QED) is 0.349. The third kappa shape index (κ3) is 6.41. The molecule has 0 bridgehead atoms. The van der Waals surface area contributed by atoms with E-state index < -0.39 is 11.5 Å². The molecule has 3 N–H and O–H groups in total. The van der Waals surface area contributed by atoms with Gasteiger partial charge in [0.1, 0.15) is 17.0 Å². The summed E-state index contributed by atoms with van der Waals surface area (Å²) in [5, 5.41) is 10.7. The van der Waals surface area contributed by atoms with Gasteiger partial charge in [-0.05, 0) is 68.1 Å². The van der Waals surface area contributed by atoms with E-state index in [9.17, 15) is 9.90 Å². The van der Waals surface area contributed by atoms with Gasteiger partial charge < -0.3 is 15.6 Å². The zero-order valence-corrected chi connectivity index (χ0v) is 19.6. The maximum atomic E-state index is 11.9. The van der Waals surface area contributed by atoms with Crippen molar-refractivity contribution in [2.24, 2.45) is 11.7 Å². The largest absolute Gasteiger partial charge is 0.480 e. The van der Waals surface area contributed by atoms with Crippen LogP contribution < -0.4 is 10.5 Å². The van der Waals surface area contributed by atoms with Crippen molar-refractivity contribution < 1.29 is 14.6 Å². The minimum atomic E-state index is -1.16. The maximum absolute atomic E-state index is 11.9. The monoisotopic (exact) mass is 474 g/mol. The number of halogens is 2. The Morgan fingerprint density at radius 2 is 1.75 bits per heavy atom. The summed E-state index contributed by atoms with van der Waals surface area (Å²) in [5.41, 5.74) is 6.37. The van der Waals surface area contributed by atoms with E-state index in [2.05, 4.69) is 4.90 Å². The van der Waals surface area contributed by atoms with Crippen molar-refractivity contribution in [3.63, 3.8) is 0 Å². The van der Waals surface area contributed by atoms with Gasteiger partial charge in [0.25, 0.3) is 0 Å². The topological polar surface area (TPSA) is 75.8 Å². The molecule has 2 radical (unpaired) electrons. The predicted molar refractivity (Wildman–Crippen MR) is 130 cm³/mol. The van der Waals surface area contributed by atoms with Crippen molar-refractivity contribution in [1.29, 1.82) is 0 Å². The van der Waals surface area contributed by atoms with Gasteiger partial charge in [-0.1, -0.05) is 54.5 Å². The van der Waals surface area contributed by atoms with Crippen LogP contribution in [0.25, 0.3) is 0 Å². The molecule has 8 heteroatoms. The number of ether oxygens (including phenoxy) is 1. The number of nitrogens with two attached hydrogens (primary N) is 1. The molecule has 0 saturated carbocycles. The second-order valence-electron chi connectivity index (χ2n) is 8.46.